The quantitative estimate of drug-likeness (QED) is 0.336. The number of aliphatic imine (C=N–C) groups is 2. The van der Waals surface area contributed by atoms with Crippen LogP contribution in [0, 0.1) is 5.92 Å². The summed E-state index contributed by atoms with van der Waals surface area (Å²) in [4.78, 5) is 30.8. The summed E-state index contributed by atoms with van der Waals surface area (Å²) in [7, 11) is 0. The molecule has 0 bridgehead atoms. The Kier molecular flexibility index (Phi) is 10.1. The van der Waals surface area contributed by atoms with Crippen LogP contribution in [0.15, 0.2) is 65.1 Å². The third-order valence-corrected chi connectivity index (χ3v) is 3.83. The number of carboxylic acid groups (broad SMARTS) is 1. The predicted octanol–water partition coefficient (Wildman–Crippen LogP) is 3.03. The van der Waals surface area contributed by atoms with Crippen LogP contribution in [0.3, 0.4) is 0 Å². The van der Waals surface area contributed by atoms with Crippen LogP contribution in [0.4, 0.5) is 0 Å². The number of hydrogen-bond acceptors (Lipinski definition) is 4. The molecule has 0 fully saturated rings. The number of carboxylic acids is 1. The molecule has 3 atom stereocenters. The highest BCUT2D eigenvalue weighted by atomic mass is 16.4. The maximum atomic E-state index is 11.1. The molecule has 2 unspecified atom stereocenters. The van der Waals surface area contributed by atoms with Crippen molar-refractivity contribution in [2.75, 3.05) is 0 Å². The summed E-state index contributed by atoms with van der Waals surface area (Å²) in [5, 5.41) is 8.79. The Morgan fingerprint density at radius 2 is 1.93 bits per heavy atom. The van der Waals surface area contributed by atoms with Gasteiger partial charge in [-0.25, -0.2) is 0 Å². The van der Waals surface area contributed by atoms with E-state index in [0.29, 0.717) is 12.8 Å². The highest BCUT2D eigenvalue weighted by Crippen LogP contribution is 2.11. The van der Waals surface area contributed by atoms with Crippen LogP contribution < -0.4 is 5.73 Å². The number of rotatable bonds is 12. The van der Waals surface area contributed by atoms with Crippen molar-refractivity contribution in [3.05, 3.63) is 60.7 Å². The van der Waals surface area contributed by atoms with Crippen molar-refractivity contribution in [3.63, 3.8) is 0 Å². The molecule has 144 valence electrons. The monoisotopic (exact) mass is 369 g/mol. The lowest BCUT2D eigenvalue weighted by molar-refractivity contribution is -0.138. The normalized spacial score (nSPS) is 15.1. The Labute approximate surface area is 160 Å². The molecular formula is C21H27N3O3. The van der Waals surface area contributed by atoms with E-state index >= 15 is 0 Å². The lowest BCUT2D eigenvalue weighted by Crippen LogP contribution is -2.20. The van der Waals surface area contributed by atoms with Crippen LogP contribution >= 0.6 is 0 Å². The first kappa shape index (κ1) is 22.0. The molecule has 0 aliphatic carbocycles. The van der Waals surface area contributed by atoms with Crippen molar-refractivity contribution in [1.29, 1.82) is 0 Å². The zero-order valence-electron chi connectivity index (χ0n) is 15.6. The van der Waals surface area contributed by atoms with Gasteiger partial charge in [0, 0.05) is 18.7 Å². The topological polar surface area (TPSA) is 105 Å². The van der Waals surface area contributed by atoms with E-state index < -0.39 is 17.9 Å². The van der Waals surface area contributed by atoms with E-state index in [9.17, 15) is 9.59 Å². The van der Waals surface area contributed by atoms with Gasteiger partial charge in [-0.05, 0) is 30.5 Å². The molecule has 0 saturated carbocycles. The van der Waals surface area contributed by atoms with Gasteiger partial charge in [0.1, 0.15) is 0 Å². The molecular weight excluding hydrogens is 342 g/mol. The van der Waals surface area contributed by atoms with Gasteiger partial charge < -0.3 is 10.8 Å². The summed E-state index contributed by atoms with van der Waals surface area (Å²) in [6.45, 7) is 5.70. The molecule has 6 nitrogen and oxygen atoms in total. The number of carbonyl (C=O) groups excluding carboxylic acids is 1. The van der Waals surface area contributed by atoms with E-state index in [1.807, 2.05) is 37.3 Å². The zero-order chi connectivity index (χ0) is 20.1. The fourth-order valence-corrected chi connectivity index (χ4v) is 2.40. The summed E-state index contributed by atoms with van der Waals surface area (Å²) in [5.74, 6) is -1.29. The molecule has 0 spiro atoms. The van der Waals surface area contributed by atoms with E-state index in [2.05, 4.69) is 16.6 Å². The highest BCUT2D eigenvalue weighted by molar-refractivity contribution is 5.86. The largest absolute Gasteiger partial charge is 0.481 e. The second-order valence-electron chi connectivity index (χ2n) is 6.28. The van der Waals surface area contributed by atoms with Crippen molar-refractivity contribution < 1.29 is 14.7 Å². The maximum absolute atomic E-state index is 11.1. The smallest absolute Gasteiger partial charge is 0.303 e. The van der Waals surface area contributed by atoms with E-state index in [0.717, 1.165) is 5.56 Å². The molecule has 3 N–H and O–H groups in total. The zero-order valence-corrected chi connectivity index (χ0v) is 15.6. The van der Waals surface area contributed by atoms with E-state index in [-0.39, 0.29) is 18.4 Å². The van der Waals surface area contributed by atoms with Gasteiger partial charge in [-0.15, -0.1) is 6.58 Å². The Hall–Kier alpha value is -3.02. The van der Waals surface area contributed by atoms with Gasteiger partial charge >= 0.3 is 5.97 Å². The summed E-state index contributed by atoms with van der Waals surface area (Å²) in [6.07, 6.45) is 9.51. The highest BCUT2D eigenvalue weighted by Gasteiger charge is 2.13. The molecule has 0 aliphatic heterocycles. The number of carbonyl (C=O) groups is 2. The van der Waals surface area contributed by atoms with Gasteiger partial charge in [-0.1, -0.05) is 49.4 Å². The number of aliphatic carboxylic acids is 1. The molecule has 0 radical (unpaired) electrons. The van der Waals surface area contributed by atoms with E-state index in [1.165, 1.54) is 6.08 Å². The third kappa shape index (κ3) is 9.89. The third-order valence-electron chi connectivity index (χ3n) is 3.83. The number of nitrogens with two attached hydrogens (primary N) is 1. The van der Waals surface area contributed by atoms with Gasteiger partial charge in [-0.3, -0.25) is 19.6 Å². The minimum Gasteiger partial charge on any atom is -0.481 e. The van der Waals surface area contributed by atoms with E-state index in [1.54, 1.807) is 24.6 Å². The Morgan fingerprint density at radius 3 is 2.52 bits per heavy atom. The van der Waals surface area contributed by atoms with Gasteiger partial charge in [-0.2, -0.15) is 0 Å². The van der Waals surface area contributed by atoms with E-state index in [4.69, 9.17) is 10.8 Å². The molecule has 27 heavy (non-hydrogen) atoms. The fourth-order valence-electron chi connectivity index (χ4n) is 2.40. The second-order valence-corrected chi connectivity index (χ2v) is 6.28. The average Bonchev–Trinajstić information content (AvgIpc) is 2.62. The summed E-state index contributed by atoms with van der Waals surface area (Å²) >= 11 is 0. The minimum atomic E-state index is -0.802. The molecule has 1 aromatic carbocycles. The number of nitrogens with zero attached hydrogens (tertiary/aromatic N) is 2. The lowest BCUT2D eigenvalue weighted by atomic mass is 10.0. The van der Waals surface area contributed by atoms with Crippen LogP contribution in [0.5, 0.6) is 0 Å². The van der Waals surface area contributed by atoms with Crippen LogP contribution in [0.2, 0.25) is 0 Å². The summed E-state index contributed by atoms with van der Waals surface area (Å²) < 4.78 is 0. The molecule has 1 aromatic rings. The van der Waals surface area contributed by atoms with Crippen molar-refractivity contribution in [3.8, 4) is 0 Å². The Bertz CT molecular complexity index is 696. The fraction of sp³-hybridized carbons (Fsp3) is 0.333. The van der Waals surface area contributed by atoms with Gasteiger partial charge in [0.25, 0.3) is 0 Å². The molecule has 6 heteroatoms. The standard InChI is InChI=1S/C21H27N3O3/c1-3-18(24-15-17-9-5-4-6-10-17)19(11-12-20(22)25)23-13-7-8-16(2)14-21(26)27/h3-6,9-13,15-16,18-19H,1,7-8,14H2,2H3,(H2,22,25)(H,26,27)/b12-11+,23-13?,24-15?/t16-,18?,19?/m0/s1. The van der Waals surface area contributed by atoms with Crippen LogP contribution in [-0.2, 0) is 9.59 Å². The molecule has 0 aliphatic rings. The van der Waals surface area contributed by atoms with Crippen molar-refractivity contribution in [2.24, 2.45) is 21.6 Å². The van der Waals surface area contributed by atoms with Crippen LogP contribution in [0.25, 0.3) is 0 Å². The lowest BCUT2D eigenvalue weighted by Gasteiger charge is -2.14. The Morgan fingerprint density at radius 1 is 1.22 bits per heavy atom. The first-order valence-corrected chi connectivity index (χ1v) is 8.84. The number of amides is 1. The molecule has 0 heterocycles. The predicted molar refractivity (Wildman–Crippen MR) is 109 cm³/mol. The van der Waals surface area contributed by atoms with Crippen molar-refractivity contribution >= 4 is 24.3 Å². The Balaban J connectivity index is 2.79. The van der Waals surface area contributed by atoms with Crippen LogP contribution in [-0.4, -0.2) is 41.5 Å². The molecule has 0 aromatic heterocycles. The molecule has 1 amide bonds. The first-order chi connectivity index (χ1) is 12.9. The number of hydrogen-bond donors (Lipinski definition) is 2. The molecule has 1 rings (SSSR count). The van der Waals surface area contributed by atoms with Gasteiger partial charge in [0.2, 0.25) is 5.91 Å². The summed E-state index contributed by atoms with van der Waals surface area (Å²) in [6, 6.07) is 8.88. The number of primary amides is 1. The van der Waals surface area contributed by atoms with Gasteiger partial charge in [0.05, 0.1) is 12.1 Å². The van der Waals surface area contributed by atoms with Crippen molar-refractivity contribution in [1.82, 2.24) is 0 Å². The summed E-state index contributed by atoms with van der Waals surface area (Å²) in [5.41, 5.74) is 6.14. The minimum absolute atomic E-state index is 0.0693. The van der Waals surface area contributed by atoms with Crippen molar-refractivity contribution in [2.45, 2.75) is 38.3 Å². The van der Waals surface area contributed by atoms with Gasteiger partial charge in [0.15, 0.2) is 0 Å². The maximum Gasteiger partial charge on any atom is 0.303 e. The first-order valence-electron chi connectivity index (χ1n) is 8.84. The number of benzene rings is 1. The second kappa shape index (κ2) is 12.4. The SMILES string of the molecule is C=CC(N=Cc1ccccc1)C(/C=C/C(N)=O)N=CCC[C@H](C)CC(=O)O. The average molecular weight is 369 g/mol. The van der Waals surface area contributed by atoms with Crippen LogP contribution in [0.1, 0.15) is 31.7 Å². The molecule has 0 saturated heterocycles.